The van der Waals surface area contributed by atoms with Crippen molar-refractivity contribution in [3.63, 3.8) is 0 Å². The highest BCUT2D eigenvalue weighted by atomic mass is 35.5. The Balaban J connectivity index is 2.70. The van der Waals surface area contributed by atoms with Crippen molar-refractivity contribution in [2.75, 3.05) is 12.0 Å². The quantitative estimate of drug-likeness (QED) is 0.880. The van der Waals surface area contributed by atoms with Crippen LogP contribution in [0.15, 0.2) is 18.2 Å². The molecule has 1 rings (SSSR count). The van der Waals surface area contributed by atoms with E-state index in [1.54, 1.807) is 17.8 Å². The first-order chi connectivity index (χ1) is 6.65. The molecular formula is C10H13Cl2NS. The number of halogens is 2. The van der Waals surface area contributed by atoms with Crippen LogP contribution in [-0.4, -0.2) is 12.0 Å². The molecule has 0 bridgehead atoms. The molecule has 0 radical (unpaired) electrons. The topological polar surface area (TPSA) is 26.0 Å². The average molecular weight is 250 g/mol. The molecule has 0 saturated heterocycles. The van der Waals surface area contributed by atoms with Gasteiger partial charge in [-0.05, 0) is 36.1 Å². The zero-order chi connectivity index (χ0) is 10.6. The predicted molar refractivity (Wildman–Crippen MR) is 66.4 cm³/mol. The highest BCUT2D eigenvalue weighted by molar-refractivity contribution is 7.98. The number of thioether (sulfide) groups is 1. The van der Waals surface area contributed by atoms with Crippen molar-refractivity contribution in [3.05, 3.63) is 33.8 Å². The average Bonchev–Trinajstić information content (AvgIpc) is 2.18. The van der Waals surface area contributed by atoms with Crippen molar-refractivity contribution < 1.29 is 0 Å². The Bertz CT molecular complexity index is 304. The first-order valence-electron chi connectivity index (χ1n) is 4.34. The van der Waals surface area contributed by atoms with E-state index in [0.29, 0.717) is 10.0 Å². The van der Waals surface area contributed by atoms with Gasteiger partial charge in [-0.3, -0.25) is 0 Å². The van der Waals surface area contributed by atoms with E-state index < -0.39 is 0 Å². The van der Waals surface area contributed by atoms with Crippen LogP contribution in [0.2, 0.25) is 10.0 Å². The maximum Gasteiger partial charge on any atom is 0.0595 e. The summed E-state index contributed by atoms with van der Waals surface area (Å²) < 4.78 is 0. The summed E-state index contributed by atoms with van der Waals surface area (Å²) in [6.07, 6.45) is 3.03. The maximum atomic E-state index is 5.98. The summed E-state index contributed by atoms with van der Waals surface area (Å²) in [6, 6.07) is 5.61. The SMILES string of the molecule is CSCCC(N)c1ccc(Cl)c(Cl)c1. The van der Waals surface area contributed by atoms with Gasteiger partial charge in [-0.15, -0.1) is 0 Å². The summed E-state index contributed by atoms with van der Waals surface area (Å²) in [5, 5.41) is 1.15. The van der Waals surface area contributed by atoms with Crippen LogP contribution in [0.1, 0.15) is 18.0 Å². The van der Waals surface area contributed by atoms with Crippen LogP contribution in [0.3, 0.4) is 0 Å². The third-order valence-electron chi connectivity index (χ3n) is 2.00. The maximum absolute atomic E-state index is 5.98. The van der Waals surface area contributed by atoms with Crippen molar-refractivity contribution in [1.29, 1.82) is 0 Å². The van der Waals surface area contributed by atoms with Gasteiger partial charge in [0.1, 0.15) is 0 Å². The molecule has 0 spiro atoms. The molecule has 0 aliphatic rings. The summed E-state index contributed by atoms with van der Waals surface area (Å²) in [4.78, 5) is 0. The van der Waals surface area contributed by atoms with E-state index in [1.807, 2.05) is 12.1 Å². The first-order valence-corrected chi connectivity index (χ1v) is 6.49. The lowest BCUT2D eigenvalue weighted by Gasteiger charge is -2.11. The van der Waals surface area contributed by atoms with Gasteiger partial charge in [0.2, 0.25) is 0 Å². The van der Waals surface area contributed by atoms with E-state index in [-0.39, 0.29) is 6.04 Å². The summed E-state index contributed by atoms with van der Waals surface area (Å²) in [6.45, 7) is 0. The first kappa shape index (κ1) is 12.2. The third kappa shape index (κ3) is 3.35. The largest absolute Gasteiger partial charge is 0.324 e. The molecule has 0 saturated carbocycles. The molecule has 14 heavy (non-hydrogen) atoms. The second-order valence-corrected chi connectivity index (χ2v) is 4.86. The molecule has 1 aromatic rings. The van der Waals surface area contributed by atoms with E-state index in [9.17, 15) is 0 Å². The molecule has 78 valence electrons. The van der Waals surface area contributed by atoms with E-state index in [0.717, 1.165) is 17.7 Å². The number of nitrogens with two attached hydrogens (primary N) is 1. The van der Waals surface area contributed by atoms with Gasteiger partial charge >= 0.3 is 0 Å². The lowest BCUT2D eigenvalue weighted by Crippen LogP contribution is -2.10. The van der Waals surface area contributed by atoms with Crippen molar-refractivity contribution in [2.45, 2.75) is 12.5 Å². The van der Waals surface area contributed by atoms with E-state index in [1.165, 1.54) is 0 Å². The van der Waals surface area contributed by atoms with Crippen molar-refractivity contribution in [2.24, 2.45) is 5.73 Å². The second kappa shape index (κ2) is 5.86. The van der Waals surface area contributed by atoms with Crippen LogP contribution in [0.4, 0.5) is 0 Å². The Morgan fingerprint density at radius 2 is 2.07 bits per heavy atom. The fourth-order valence-corrected chi connectivity index (χ4v) is 1.95. The molecule has 0 heterocycles. The summed E-state index contributed by atoms with van der Waals surface area (Å²) in [5.41, 5.74) is 7.03. The Hall–Kier alpha value is 0.110. The zero-order valence-corrected chi connectivity index (χ0v) is 10.3. The van der Waals surface area contributed by atoms with Crippen LogP contribution in [-0.2, 0) is 0 Å². The fraction of sp³-hybridized carbons (Fsp3) is 0.400. The van der Waals surface area contributed by atoms with Gasteiger partial charge in [-0.1, -0.05) is 29.3 Å². The minimum absolute atomic E-state index is 0.0530. The molecule has 1 nitrogen and oxygen atoms in total. The molecule has 1 aromatic carbocycles. The van der Waals surface area contributed by atoms with E-state index in [4.69, 9.17) is 28.9 Å². The molecule has 2 N–H and O–H groups in total. The van der Waals surface area contributed by atoms with Crippen LogP contribution in [0.5, 0.6) is 0 Å². The monoisotopic (exact) mass is 249 g/mol. The lowest BCUT2D eigenvalue weighted by atomic mass is 10.1. The predicted octanol–water partition coefficient (Wildman–Crippen LogP) is 3.75. The van der Waals surface area contributed by atoms with Crippen molar-refractivity contribution >= 4 is 35.0 Å². The van der Waals surface area contributed by atoms with Gasteiger partial charge < -0.3 is 5.73 Å². The van der Waals surface area contributed by atoms with Crippen molar-refractivity contribution in [1.82, 2.24) is 0 Å². The number of hydrogen-bond donors (Lipinski definition) is 1. The van der Waals surface area contributed by atoms with Gasteiger partial charge in [0, 0.05) is 6.04 Å². The fourth-order valence-electron chi connectivity index (χ4n) is 1.15. The molecule has 1 unspecified atom stereocenters. The number of benzene rings is 1. The Kier molecular flexibility index (Phi) is 5.10. The molecule has 4 heteroatoms. The Morgan fingerprint density at radius 3 is 2.64 bits per heavy atom. The normalized spacial score (nSPS) is 12.9. The van der Waals surface area contributed by atoms with Crippen LogP contribution in [0.25, 0.3) is 0 Å². The molecule has 0 fully saturated rings. The van der Waals surface area contributed by atoms with Crippen LogP contribution in [0, 0.1) is 0 Å². The highest BCUT2D eigenvalue weighted by Gasteiger charge is 2.07. The summed E-state index contributed by atoms with van der Waals surface area (Å²) >= 11 is 13.5. The van der Waals surface area contributed by atoms with Gasteiger partial charge in [-0.2, -0.15) is 11.8 Å². The second-order valence-electron chi connectivity index (χ2n) is 3.06. The number of hydrogen-bond acceptors (Lipinski definition) is 2. The Morgan fingerprint density at radius 1 is 1.36 bits per heavy atom. The lowest BCUT2D eigenvalue weighted by molar-refractivity contribution is 0.706. The van der Waals surface area contributed by atoms with Gasteiger partial charge in [0.05, 0.1) is 10.0 Å². The van der Waals surface area contributed by atoms with Gasteiger partial charge in [-0.25, -0.2) is 0 Å². The van der Waals surface area contributed by atoms with Crippen LogP contribution < -0.4 is 5.73 Å². The summed E-state index contributed by atoms with van der Waals surface area (Å²) in [7, 11) is 0. The molecule has 0 aliphatic carbocycles. The minimum Gasteiger partial charge on any atom is -0.324 e. The highest BCUT2D eigenvalue weighted by Crippen LogP contribution is 2.26. The Labute approximate surface area is 99.0 Å². The smallest absolute Gasteiger partial charge is 0.0595 e. The zero-order valence-electron chi connectivity index (χ0n) is 7.97. The van der Waals surface area contributed by atoms with Crippen molar-refractivity contribution in [3.8, 4) is 0 Å². The molecule has 0 amide bonds. The van der Waals surface area contributed by atoms with Crippen LogP contribution >= 0.6 is 35.0 Å². The number of rotatable bonds is 4. The molecule has 0 aromatic heterocycles. The standard InChI is InChI=1S/C10H13Cl2NS/c1-14-5-4-10(13)7-2-3-8(11)9(12)6-7/h2-3,6,10H,4-5,13H2,1H3. The van der Waals surface area contributed by atoms with Gasteiger partial charge in [0.15, 0.2) is 0 Å². The molecule has 1 atom stereocenters. The third-order valence-corrected chi connectivity index (χ3v) is 3.39. The minimum atomic E-state index is 0.0530. The molecule has 0 aliphatic heterocycles. The van der Waals surface area contributed by atoms with Gasteiger partial charge in [0.25, 0.3) is 0 Å². The molecular weight excluding hydrogens is 237 g/mol. The van der Waals surface area contributed by atoms with E-state index in [2.05, 4.69) is 6.26 Å². The summed E-state index contributed by atoms with van der Waals surface area (Å²) in [5.74, 6) is 1.06. The van der Waals surface area contributed by atoms with E-state index >= 15 is 0 Å².